The largest absolute Gasteiger partial charge is 2.00 e. The number of rotatable bonds is 2. The van der Waals surface area contributed by atoms with Gasteiger partial charge in [0, 0.05) is 0 Å². The minimum Gasteiger partial charge on any atom is -0.851 e. The van der Waals surface area contributed by atoms with E-state index in [0.717, 1.165) is 0 Å². The predicted molar refractivity (Wildman–Crippen MR) is 45.1 cm³/mol. The van der Waals surface area contributed by atoms with E-state index in [0.29, 0.717) is 0 Å². The monoisotopic (exact) mass is 182 g/mol. The number of hydrogen-bond acceptors (Lipinski definition) is 2. The Morgan fingerprint density at radius 1 is 0.909 bits per heavy atom. The maximum Gasteiger partial charge on any atom is 2.00 e. The zero-order chi connectivity index (χ0) is 8.24. The molecule has 0 heterocycles. The van der Waals surface area contributed by atoms with Crippen LogP contribution >= 0.6 is 0 Å². The molecule has 0 bridgehead atoms. The van der Waals surface area contributed by atoms with Crippen LogP contribution in [0, 0.1) is 0 Å². The van der Waals surface area contributed by atoms with E-state index in [2.05, 4.69) is 0 Å². The smallest absolute Gasteiger partial charge is 0.851 e. The topological polar surface area (TPSA) is 46.1 Å². The van der Waals surface area contributed by atoms with Crippen LogP contribution in [-0.4, -0.2) is 51.0 Å². The molecule has 0 saturated carbocycles. The van der Waals surface area contributed by atoms with Gasteiger partial charge in [0.25, 0.3) is 0 Å². The Labute approximate surface area is 98.6 Å². The van der Waals surface area contributed by atoms with E-state index in [-0.39, 0.29) is 51.0 Å². The Bertz CT molecular complexity index is 78.1. The molecule has 0 aromatic heterocycles. The van der Waals surface area contributed by atoms with Crippen molar-refractivity contribution in [3.05, 3.63) is 24.3 Å². The molecule has 0 aromatic rings. The van der Waals surface area contributed by atoms with E-state index in [9.17, 15) is 10.2 Å². The van der Waals surface area contributed by atoms with Crippen molar-refractivity contribution in [1.29, 1.82) is 0 Å². The third-order valence-corrected chi connectivity index (χ3v) is 0.664. The fourth-order valence-electron chi connectivity index (χ4n) is 0.192. The van der Waals surface area contributed by atoms with Crippen molar-refractivity contribution in [1.82, 2.24) is 0 Å². The van der Waals surface area contributed by atoms with Gasteiger partial charge in [0.2, 0.25) is 0 Å². The Morgan fingerprint density at radius 3 is 1.18 bits per heavy atom. The van der Waals surface area contributed by atoms with Crippen LogP contribution in [0.1, 0.15) is 13.8 Å². The molecule has 0 aliphatic heterocycles. The van der Waals surface area contributed by atoms with Gasteiger partial charge in [-0.2, -0.15) is 0 Å². The fourth-order valence-corrected chi connectivity index (χ4v) is 0.192. The van der Waals surface area contributed by atoms with Gasteiger partial charge < -0.3 is 10.2 Å². The molecule has 0 unspecified atom stereocenters. The van der Waals surface area contributed by atoms with E-state index in [1.807, 2.05) is 13.8 Å². The first kappa shape index (κ1) is 17.7. The summed E-state index contributed by atoms with van der Waals surface area (Å²) >= 11 is 0. The van der Waals surface area contributed by atoms with Crippen molar-refractivity contribution in [2.75, 3.05) is 13.2 Å². The first-order valence-corrected chi connectivity index (χ1v) is 3.22. The van der Waals surface area contributed by atoms with Crippen molar-refractivity contribution >= 4 is 37.7 Å². The molecular weight excluding hydrogens is 168 g/mol. The van der Waals surface area contributed by atoms with E-state index in [1.54, 1.807) is 24.3 Å². The molecule has 0 aliphatic carbocycles. The maximum atomic E-state index is 9.44. The summed E-state index contributed by atoms with van der Waals surface area (Å²) in [6.45, 7) is 3.49. The Hall–Kier alpha value is 0.660. The molecule has 0 saturated heterocycles. The molecule has 0 aliphatic rings. The maximum absolute atomic E-state index is 9.44. The van der Waals surface area contributed by atoms with Gasteiger partial charge in [-0.25, -0.2) is 0 Å². The summed E-state index contributed by atoms with van der Waals surface area (Å²) in [5.74, 6) is 0. The second kappa shape index (κ2) is 22.4. The number of hydrogen-bond donors (Lipinski definition) is 0. The van der Waals surface area contributed by atoms with Gasteiger partial charge in [-0.3, -0.25) is 0 Å². The first-order chi connectivity index (χ1) is 4.83. The third-order valence-electron chi connectivity index (χ3n) is 0.664. The molecule has 2 nitrogen and oxygen atoms in total. The summed E-state index contributed by atoms with van der Waals surface area (Å²) in [5.41, 5.74) is 0. The van der Waals surface area contributed by atoms with Crippen LogP contribution in [0.4, 0.5) is 0 Å². The van der Waals surface area contributed by atoms with Crippen molar-refractivity contribution < 1.29 is 10.2 Å². The van der Waals surface area contributed by atoms with Crippen LogP contribution in [0.2, 0.25) is 0 Å². The van der Waals surface area contributed by atoms with Gasteiger partial charge in [-0.05, 0) is 13.8 Å². The van der Waals surface area contributed by atoms with E-state index >= 15 is 0 Å². The van der Waals surface area contributed by atoms with Crippen LogP contribution in [-0.2, 0) is 0 Å². The molecule has 0 fully saturated rings. The average molecular weight is 182 g/mol. The Kier molecular flexibility index (Phi) is 36.0. The van der Waals surface area contributed by atoms with Gasteiger partial charge >= 0.3 is 37.7 Å². The van der Waals surface area contributed by atoms with Gasteiger partial charge in [-0.15, -0.1) is 25.4 Å². The summed E-state index contributed by atoms with van der Waals surface area (Å²) in [5, 5.41) is 18.9. The fraction of sp³-hybridized carbons (Fsp3) is 0.500. The normalized spacial score (nSPS) is 9.09. The molecule has 3 heteroatoms. The molecule has 0 radical (unpaired) electrons. The predicted octanol–water partition coefficient (Wildman–Crippen LogP) is -0.535. The molecule has 11 heavy (non-hydrogen) atoms. The molecule has 0 atom stereocenters. The van der Waals surface area contributed by atoms with Gasteiger partial charge in [0.1, 0.15) is 0 Å². The van der Waals surface area contributed by atoms with Crippen molar-refractivity contribution in [2.24, 2.45) is 0 Å². The van der Waals surface area contributed by atoms with Crippen LogP contribution < -0.4 is 10.2 Å². The summed E-state index contributed by atoms with van der Waals surface area (Å²) < 4.78 is 0. The molecule has 0 N–H and O–H groups in total. The molecule has 0 spiro atoms. The van der Waals surface area contributed by atoms with Crippen LogP contribution in [0.3, 0.4) is 0 Å². The quantitative estimate of drug-likeness (QED) is 0.425. The first-order valence-electron chi connectivity index (χ1n) is 3.22. The summed E-state index contributed by atoms with van der Waals surface area (Å²) in [6, 6.07) is 0. The summed E-state index contributed by atoms with van der Waals surface area (Å²) in [6.07, 6.45) is 6.62. The Balaban J connectivity index is -0.000000107. The third kappa shape index (κ3) is 36.8. The Morgan fingerprint density at radius 2 is 1.18 bits per heavy atom. The van der Waals surface area contributed by atoms with Crippen molar-refractivity contribution in [2.45, 2.75) is 13.8 Å². The second-order valence-electron chi connectivity index (χ2n) is 1.47. The zero-order valence-corrected chi connectivity index (χ0v) is 9.46. The molecule has 0 rings (SSSR count). The average Bonchev–Trinajstić information content (AvgIpc) is 1.93. The van der Waals surface area contributed by atoms with Gasteiger partial charge in [0.15, 0.2) is 0 Å². The van der Waals surface area contributed by atoms with Gasteiger partial charge in [0.05, 0.1) is 0 Å². The van der Waals surface area contributed by atoms with Crippen LogP contribution in [0.15, 0.2) is 24.3 Å². The van der Waals surface area contributed by atoms with Crippen molar-refractivity contribution in [3.8, 4) is 0 Å². The van der Waals surface area contributed by atoms with Crippen LogP contribution in [0.25, 0.3) is 0 Å². The SMILES string of the molecule is CC=CC[O-].CC=CC[O-].[Ca+2]. The second-order valence-corrected chi connectivity index (χ2v) is 1.47. The van der Waals surface area contributed by atoms with E-state index in [1.165, 1.54) is 0 Å². The minimum atomic E-state index is -0.0868. The minimum absolute atomic E-state index is 0. The zero-order valence-electron chi connectivity index (χ0n) is 7.25. The number of allylic oxidation sites excluding steroid dienone is 2. The van der Waals surface area contributed by atoms with E-state index < -0.39 is 0 Å². The molecule has 60 valence electrons. The molecule has 0 aromatic carbocycles. The van der Waals surface area contributed by atoms with Crippen molar-refractivity contribution in [3.63, 3.8) is 0 Å². The van der Waals surface area contributed by atoms with Gasteiger partial charge in [-0.1, -0.05) is 12.2 Å². The van der Waals surface area contributed by atoms with E-state index in [4.69, 9.17) is 0 Å². The standard InChI is InChI=1S/2C4H7O.Ca/c2*1-2-3-4-5;/h2*2-3H,4H2,1H3;/q2*-1;+2. The summed E-state index contributed by atoms with van der Waals surface area (Å²) in [7, 11) is 0. The summed E-state index contributed by atoms with van der Waals surface area (Å²) in [4.78, 5) is 0. The molecule has 0 amide bonds. The molecular formula is C8H14CaO2. The van der Waals surface area contributed by atoms with Crippen LogP contribution in [0.5, 0.6) is 0 Å².